The molecule has 0 saturated heterocycles. The van der Waals surface area contributed by atoms with Crippen molar-refractivity contribution in [2.45, 2.75) is 11.8 Å². The molecule has 2 N–H and O–H groups in total. The summed E-state index contributed by atoms with van der Waals surface area (Å²) in [5.41, 5.74) is 2.18. The topological polar surface area (TPSA) is 84.5 Å². The van der Waals surface area contributed by atoms with Crippen LogP contribution in [0.15, 0.2) is 82.2 Å². The summed E-state index contributed by atoms with van der Waals surface area (Å²) < 4.78 is 33.8. The number of amides is 1. The monoisotopic (exact) mass is 474 g/mol. The van der Waals surface area contributed by atoms with Gasteiger partial charge in [-0.3, -0.25) is 9.52 Å². The number of nitrogens with one attached hydrogen (secondary N) is 2. The van der Waals surface area contributed by atoms with Crippen molar-refractivity contribution in [3.05, 3.63) is 82.8 Å². The van der Waals surface area contributed by atoms with Gasteiger partial charge in [0, 0.05) is 15.8 Å². The second-order valence-electron chi connectivity index (χ2n) is 6.29. The molecular formula is C21H19BrN2O4S. The predicted octanol–water partition coefficient (Wildman–Crippen LogP) is 4.58. The average molecular weight is 475 g/mol. The predicted molar refractivity (Wildman–Crippen MR) is 117 cm³/mol. The lowest BCUT2D eigenvalue weighted by Gasteiger charge is -2.10. The zero-order chi connectivity index (χ0) is 20.9. The van der Waals surface area contributed by atoms with Gasteiger partial charge in [0.1, 0.15) is 5.75 Å². The molecule has 0 fully saturated rings. The maximum Gasteiger partial charge on any atom is 0.262 e. The van der Waals surface area contributed by atoms with Crippen LogP contribution in [0.1, 0.15) is 5.56 Å². The molecule has 0 saturated carbocycles. The van der Waals surface area contributed by atoms with E-state index in [9.17, 15) is 13.2 Å². The number of carbonyl (C=O) groups excluding carboxylic acids is 1. The zero-order valence-electron chi connectivity index (χ0n) is 15.6. The second kappa shape index (κ2) is 9.11. The van der Waals surface area contributed by atoms with Gasteiger partial charge < -0.3 is 10.1 Å². The quantitative estimate of drug-likeness (QED) is 0.524. The van der Waals surface area contributed by atoms with Gasteiger partial charge in [0.25, 0.3) is 15.9 Å². The fourth-order valence-electron chi connectivity index (χ4n) is 2.46. The summed E-state index contributed by atoms with van der Waals surface area (Å²) in [6, 6.07) is 20.1. The maximum atomic E-state index is 12.5. The van der Waals surface area contributed by atoms with Crippen LogP contribution in [0.25, 0.3) is 0 Å². The summed E-state index contributed by atoms with van der Waals surface area (Å²) in [6.07, 6.45) is 0. The Morgan fingerprint density at radius 3 is 2.31 bits per heavy atom. The number of benzene rings is 3. The van der Waals surface area contributed by atoms with E-state index in [-0.39, 0.29) is 17.4 Å². The van der Waals surface area contributed by atoms with Crippen LogP contribution in [0, 0.1) is 6.92 Å². The molecule has 0 aliphatic heterocycles. The largest absolute Gasteiger partial charge is 0.484 e. The third-order valence-corrected chi connectivity index (χ3v) is 5.81. The molecule has 6 nitrogen and oxygen atoms in total. The summed E-state index contributed by atoms with van der Waals surface area (Å²) in [4.78, 5) is 12.1. The summed E-state index contributed by atoms with van der Waals surface area (Å²) in [6.45, 7) is 1.73. The minimum absolute atomic E-state index is 0.101. The van der Waals surface area contributed by atoms with Gasteiger partial charge in [-0.05, 0) is 61.5 Å². The van der Waals surface area contributed by atoms with Crippen LogP contribution in [-0.2, 0) is 14.8 Å². The van der Waals surface area contributed by atoms with Gasteiger partial charge in [-0.1, -0.05) is 39.7 Å². The number of carbonyl (C=O) groups is 1. The fourth-order valence-corrected chi connectivity index (χ4v) is 3.92. The lowest BCUT2D eigenvalue weighted by atomic mass is 10.2. The van der Waals surface area contributed by atoms with E-state index in [4.69, 9.17) is 4.74 Å². The Bertz CT molecular complexity index is 1100. The van der Waals surface area contributed by atoms with Crippen molar-refractivity contribution in [2.75, 3.05) is 16.6 Å². The van der Waals surface area contributed by atoms with E-state index in [1.54, 1.807) is 24.3 Å². The standard InChI is InChI=1S/C21H19BrN2O4S/c1-15-5-7-17(8-6-15)24-29(26,27)20-11-9-19(10-12-20)28-14-21(25)23-18-4-2-3-16(22)13-18/h2-13,24H,14H2,1H3,(H,23,25). The van der Waals surface area contributed by atoms with E-state index in [0.717, 1.165) is 10.0 Å². The Kier molecular flexibility index (Phi) is 6.56. The van der Waals surface area contributed by atoms with Crippen LogP contribution in [0.2, 0.25) is 0 Å². The molecule has 0 radical (unpaired) electrons. The van der Waals surface area contributed by atoms with E-state index in [1.807, 2.05) is 31.2 Å². The molecule has 0 aromatic heterocycles. The second-order valence-corrected chi connectivity index (χ2v) is 8.89. The molecule has 0 aliphatic carbocycles. The SMILES string of the molecule is Cc1ccc(NS(=O)(=O)c2ccc(OCC(=O)Nc3cccc(Br)c3)cc2)cc1. The molecule has 8 heteroatoms. The maximum absolute atomic E-state index is 12.5. The van der Waals surface area contributed by atoms with E-state index in [2.05, 4.69) is 26.0 Å². The van der Waals surface area contributed by atoms with Crippen LogP contribution in [-0.4, -0.2) is 20.9 Å². The molecule has 29 heavy (non-hydrogen) atoms. The molecule has 0 atom stereocenters. The number of hydrogen-bond acceptors (Lipinski definition) is 4. The first-order valence-electron chi connectivity index (χ1n) is 8.70. The minimum atomic E-state index is -3.71. The van der Waals surface area contributed by atoms with Gasteiger partial charge in [0.15, 0.2) is 6.61 Å². The van der Waals surface area contributed by atoms with Crippen LogP contribution in [0.3, 0.4) is 0 Å². The molecule has 3 aromatic rings. The Hall–Kier alpha value is -2.84. The summed E-state index contributed by atoms with van der Waals surface area (Å²) in [5, 5.41) is 2.72. The number of aryl methyl sites for hydroxylation is 1. The normalized spacial score (nSPS) is 11.0. The molecular weight excluding hydrogens is 456 g/mol. The Morgan fingerprint density at radius 2 is 1.66 bits per heavy atom. The molecule has 1 amide bonds. The Balaban J connectivity index is 1.58. The van der Waals surface area contributed by atoms with Crippen LogP contribution >= 0.6 is 15.9 Å². The number of halogens is 1. The highest BCUT2D eigenvalue weighted by Crippen LogP contribution is 2.20. The average Bonchev–Trinajstić information content (AvgIpc) is 2.68. The Labute approximate surface area is 178 Å². The third-order valence-electron chi connectivity index (χ3n) is 3.92. The van der Waals surface area contributed by atoms with E-state index < -0.39 is 10.0 Å². The van der Waals surface area contributed by atoms with E-state index in [0.29, 0.717) is 17.1 Å². The van der Waals surface area contributed by atoms with Crippen molar-refractivity contribution < 1.29 is 17.9 Å². The highest BCUT2D eigenvalue weighted by molar-refractivity contribution is 9.10. The number of rotatable bonds is 7. The zero-order valence-corrected chi connectivity index (χ0v) is 18.0. The molecule has 0 bridgehead atoms. The van der Waals surface area contributed by atoms with Crippen molar-refractivity contribution in [1.82, 2.24) is 0 Å². The van der Waals surface area contributed by atoms with E-state index in [1.165, 1.54) is 24.3 Å². The van der Waals surface area contributed by atoms with Crippen LogP contribution in [0.5, 0.6) is 5.75 Å². The van der Waals surface area contributed by atoms with Crippen LogP contribution in [0.4, 0.5) is 11.4 Å². The first-order chi connectivity index (χ1) is 13.8. The van der Waals surface area contributed by atoms with Crippen molar-refractivity contribution in [3.8, 4) is 5.75 Å². The molecule has 3 aromatic carbocycles. The van der Waals surface area contributed by atoms with Crippen molar-refractivity contribution in [1.29, 1.82) is 0 Å². The first-order valence-corrected chi connectivity index (χ1v) is 11.0. The highest BCUT2D eigenvalue weighted by Gasteiger charge is 2.14. The van der Waals surface area contributed by atoms with Gasteiger partial charge in [0.05, 0.1) is 4.90 Å². The number of sulfonamides is 1. The van der Waals surface area contributed by atoms with Gasteiger partial charge in [0.2, 0.25) is 0 Å². The van der Waals surface area contributed by atoms with Crippen molar-refractivity contribution in [2.24, 2.45) is 0 Å². The smallest absolute Gasteiger partial charge is 0.262 e. The molecule has 0 aliphatic rings. The van der Waals surface area contributed by atoms with Crippen molar-refractivity contribution >= 4 is 43.2 Å². The molecule has 150 valence electrons. The number of anilines is 2. The lowest BCUT2D eigenvalue weighted by Crippen LogP contribution is -2.20. The highest BCUT2D eigenvalue weighted by atomic mass is 79.9. The first kappa shape index (κ1) is 20.9. The number of hydrogen-bond donors (Lipinski definition) is 2. The number of ether oxygens (including phenoxy) is 1. The molecule has 0 spiro atoms. The van der Waals surface area contributed by atoms with Gasteiger partial charge in [-0.25, -0.2) is 8.42 Å². The summed E-state index contributed by atoms with van der Waals surface area (Å²) in [7, 11) is -3.71. The minimum Gasteiger partial charge on any atom is -0.484 e. The van der Waals surface area contributed by atoms with Gasteiger partial charge >= 0.3 is 0 Å². The molecule has 3 rings (SSSR count). The fraction of sp³-hybridized carbons (Fsp3) is 0.0952. The van der Waals surface area contributed by atoms with Crippen LogP contribution < -0.4 is 14.8 Å². The Morgan fingerprint density at radius 1 is 0.966 bits per heavy atom. The molecule has 0 unspecified atom stereocenters. The lowest BCUT2D eigenvalue weighted by molar-refractivity contribution is -0.118. The van der Waals surface area contributed by atoms with E-state index >= 15 is 0 Å². The van der Waals surface area contributed by atoms with Crippen molar-refractivity contribution in [3.63, 3.8) is 0 Å². The summed E-state index contributed by atoms with van der Waals surface area (Å²) >= 11 is 3.34. The van der Waals surface area contributed by atoms with Gasteiger partial charge in [-0.15, -0.1) is 0 Å². The summed E-state index contributed by atoms with van der Waals surface area (Å²) in [5.74, 6) is 0.0736. The third kappa shape index (κ3) is 6.07. The van der Waals surface area contributed by atoms with Gasteiger partial charge in [-0.2, -0.15) is 0 Å². The molecule has 0 heterocycles.